The van der Waals surface area contributed by atoms with E-state index in [0.29, 0.717) is 17.8 Å². The van der Waals surface area contributed by atoms with Crippen LogP contribution in [-0.4, -0.2) is 35.3 Å². The van der Waals surface area contributed by atoms with E-state index >= 15 is 0 Å². The Labute approximate surface area is 136 Å². The lowest BCUT2D eigenvalue weighted by atomic mass is 10.2. The molecule has 0 aliphatic carbocycles. The summed E-state index contributed by atoms with van der Waals surface area (Å²) in [6.07, 6.45) is 9.67. The van der Waals surface area contributed by atoms with Gasteiger partial charge in [0.15, 0.2) is 5.65 Å². The maximum absolute atomic E-state index is 11.5. The standard InChI is InChI=1S/C16H12N7O/c17-15(24)13-3-4-14(23-16(13)19-10-21-23)12-7-20-22(9-12)8-11-2-1-5-18-6-11/h1-7,9H,8H2,(H2,17,24). The molecule has 0 saturated carbocycles. The number of carbonyl (C=O) groups excluding carboxylic acids is 1. The second-order valence-corrected chi connectivity index (χ2v) is 5.23. The third kappa shape index (κ3) is 2.39. The van der Waals surface area contributed by atoms with Crippen LogP contribution in [0.25, 0.3) is 16.9 Å². The number of pyridine rings is 2. The van der Waals surface area contributed by atoms with Crippen LogP contribution in [0.5, 0.6) is 0 Å². The fourth-order valence-corrected chi connectivity index (χ4v) is 2.53. The number of fused-ring (bicyclic) bond motifs is 1. The van der Waals surface area contributed by atoms with Crippen LogP contribution >= 0.6 is 0 Å². The first-order chi connectivity index (χ1) is 11.7. The first-order valence-electron chi connectivity index (χ1n) is 7.20. The van der Waals surface area contributed by atoms with Gasteiger partial charge in [0.05, 0.1) is 24.0 Å². The summed E-state index contributed by atoms with van der Waals surface area (Å²) in [4.78, 5) is 19.6. The highest BCUT2D eigenvalue weighted by Gasteiger charge is 2.14. The van der Waals surface area contributed by atoms with E-state index in [9.17, 15) is 4.79 Å². The summed E-state index contributed by atoms with van der Waals surface area (Å²) >= 11 is 0. The monoisotopic (exact) mass is 318 g/mol. The zero-order valence-electron chi connectivity index (χ0n) is 12.5. The summed E-state index contributed by atoms with van der Waals surface area (Å²) in [6.45, 7) is 0.611. The summed E-state index contributed by atoms with van der Waals surface area (Å²) < 4.78 is 3.34. The van der Waals surface area contributed by atoms with Crippen LogP contribution in [0.15, 0.2) is 49.1 Å². The van der Waals surface area contributed by atoms with E-state index in [-0.39, 0.29) is 0 Å². The Balaban J connectivity index is 1.73. The molecule has 117 valence electrons. The molecule has 0 aliphatic rings. The van der Waals surface area contributed by atoms with Crippen molar-refractivity contribution >= 4 is 11.6 Å². The van der Waals surface area contributed by atoms with Gasteiger partial charge in [-0.2, -0.15) is 5.10 Å². The Kier molecular flexibility index (Phi) is 3.27. The average molecular weight is 318 g/mol. The Bertz CT molecular complexity index is 1020. The number of primary amides is 1. The van der Waals surface area contributed by atoms with Gasteiger partial charge in [-0.15, -0.1) is 5.10 Å². The number of hydrogen-bond acceptors (Lipinski definition) is 5. The van der Waals surface area contributed by atoms with Crippen LogP contribution in [0.1, 0.15) is 15.9 Å². The number of rotatable bonds is 4. The minimum atomic E-state index is -0.555. The summed E-state index contributed by atoms with van der Waals surface area (Å²) in [5, 5.41) is 8.42. The zero-order valence-corrected chi connectivity index (χ0v) is 12.5. The largest absolute Gasteiger partial charge is 0.365 e. The minimum Gasteiger partial charge on any atom is -0.365 e. The van der Waals surface area contributed by atoms with Crippen LogP contribution in [0, 0.1) is 6.33 Å². The van der Waals surface area contributed by atoms with Crippen molar-refractivity contribution in [3.8, 4) is 11.3 Å². The number of nitrogens with zero attached hydrogens (tertiary/aromatic N) is 6. The van der Waals surface area contributed by atoms with Gasteiger partial charge in [0, 0.05) is 24.2 Å². The second-order valence-electron chi connectivity index (χ2n) is 5.23. The van der Waals surface area contributed by atoms with Crippen LogP contribution < -0.4 is 5.73 Å². The third-order valence-corrected chi connectivity index (χ3v) is 3.64. The molecule has 1 amide bonds. The highest BCUT2D eigenvalue weighted by Crippen LogP contribution is 2.21. The van der Waals surface area contributed by atoms with Gasteiger partial charge in [-0.05, 0) is 23.8 Å². The van der Waals surface area contributed by atoms with Crippen molar-refractivity contribution in [3.63, 3.8) is 0 Å². The molecule has 24 heavy (non-hydrogen) atoms. The van der Waals surface area contributed by atoms with Crippen molar-refractivity contribution < 1.29 is 4.79 Å². The van der Waals surface area contributed by atoms with Gasteiger partial charge in [-0.1, -0.05) is 6.07 Å². The first-order valence-corrected chi connectivity index (χ1v) is 7.20. The van der Waals surface area contributed by atoms with E-state index in [1.807, 2.05) is 18.3 Å². The average Bonchev–Trinajstić information content (AvgIpc) is 3.24. The molecule has 0 atom stereocenters. The molecule has 8 heteroatoms. The Morgan fingerprint density at radius 2 is 2.17 bits per heavy atom. The molecule has 0 fully saturated rings. The van der Waals surface area contributed by atoms with E-state index in [4.69, 9.17) is 5.73 Å². The Morgan fingerprint density at radius 3 is 2.96 bits per heavy atom. The van der Waals surface area contributed by atoms with Crippen LogP contribution in [0.2, 0.25) is 0 Å². The molecular formula is C16H12N7O. The predicted octanol–water partition coefficient (Wildman–Crippen LogP) is 0.935. The Hall–Kier alpha value is -3.55. The van der Waals surface area contributed by atoms with E-state index in [1.165, 1.54) is 4.52 Å². The van der Waals surface area contributed by atoms with Gasteiger partial charge >= 0.3 is 0 Å². The molecule has 4 aromatic rings. The lowest BCUT2D eigenvalue weighted by Crippen LogP contribution is -2.13. The summed E-state index contributed by atoms with van der Waals surface area (Å²) in [5.41, 5.74) is 8.69. The SMILES string of the molecule is NC(=O)c1ccc(-c2cnn(Cc3cccnc3)c2)n2n[c]nc12. The van der Waals surface area contributed by atoms with Crippen molar-refractivity contribution in [1.29, 1.82) is 0 Å². The van der Waals surface area contributed by atoms with Gasteiger partial charge in [-0.3, -0.25) is 14.5 Å². The van der Waals surface area contributed by atoms with E-state index in [2.05, 4.69) is 26.5 Å². The third-order valence-electron chi connectivity index (χ3n) is 3.64. The molecule has 2 N–H and O–H groups in total. The zero-order chi connectivity index (χ0) is 16.5. The quantitative estimate of drug-likeness (QED) is 0.603. The Morgan fingerprint density at radius 1 is 1.25 bits per heavy atom. The van der Waals surface area contributed by atoms with Crippen LogP contribution in [0.3, 0.4) is 0 Å². The lowest BCUT2D eigenvalue weighted by Gasteiger charge is -2.04. The van der Waals surface area contributed by atoms with Gasteiger partial charge in [0.25, 0.3) is 5.91 Å². The molecule has 0 spiro atoms. The molecule has 8 nitrogen and oxygen atoms in total. The second kappa shape index (κ2) is 5.58. The molecule has 0 saturated heterocycles. The number of hydrogen-bond donors (Lipinski definition) is 1. The highest BCUT2D eigenvalue weighted by molar-refractivity contribution is 5.99. The van der Waals surface area contributed by atoms with Crippen molar-refractivity contribution in [2.75, 3.05) is 0 Å². The van der Waals surface area contributed by atoms with Gasteiger partial charge < -0.3 is 5.73 Å². The normalized spacial score (nSPS) is 11.0. The molecule has 0 bridgehead atoms. The molecule has 0 aromatic carbocycles. The first kappa shape index (κ1) is 14.1. The number of amides is 1. The van der Waals surface area contributed by atoms with Crippen molar-refractivity contribution in [1.82, 2.24) is 29.4 Å². The summed E-state index contributed by atoms with van der Waals surface area (Å²) in [6, 6.07) is 7.27. The minimum absolute atomic E-state index is 0.301. The fraction of sp³-hybridized carbons (Fsp3) is 0.0625. The molecule has 4 aromatic heterocycles. The lowest BCUT2D eigenvalue weighted by molar-refractivity contribution is 0.100. The van der Waals surface area contributed by atoms with Gasteiger partial charge in [0.2, 0.25) is 6.33 Å². The van der Waals surface area contributed by atoms with Crippen molar-refractivity contribution in [2.45, 2.75) is 6.54 Å². The molecule has 4 rings (SSSR count). The molecule has 1 radical (unpaired) electrons. The van der Waals surface area contributed by atoms with Gasteiger partial charge in [-0.25, -0.2) is 9.50 Å². The van der Waals surface area contributed by atoms with Crippen molar-refractivity contribution in [3.05, 3.63) is 66.5 Å². The smallest absolute Gasteiger partial charge is 0.252 e. The molecule has 0 aliphatic heterocycles. The number of nitrogens with two attached hydrogens (primary N) is 1. The maximum atomic E-state index is 11.5. The van der Waals surface area contributed by atoms with Crippen LogP contribution in [0.4, 0.5) is 0 Å². The predicted molar refractivity (Wildman–Crippen MR) is 84.9 cm³/mol. The topological polar surface area (TPSA) is 104 Å². The summed E-state index contributed by atoms with van der Waals surface area (Å²) in [5.74, 6) is -0.555. The van der Waals surface area contributed by atoms with E-state index in [0.717, 1.165) is 16.8 Å². The number of aromatic nitrogens is 6. The fourth-order valence-electron chi connectivity index (χ4n) is 2.53. The maximum Gasteiger partial charge on any atom is 0.252 e. The van der Waals surface area contributed by atoms with Crippen molar-refractivity contribution in [2.24, 2.45) is 5.73 Å². The van der Waals surface area contributed by atoms with Crippen LogP contribution in [-0.2, 0) is 6.54 Å². The molecule has 0 unspecified atom stereocenters. The number of carbonyl (C=O) groups is 1. The summed E-state index contributed by atoms with van der Waals surface area (Å²) in [7, 11) is 0. The highest BCUT2D eigenvalue weighted by atomic mass is 16.1. The molecular weight excluding hydrogens is 306 g/mol. The van der Waals surface area contributed by atoms with Gasteiger partial charge in [0.1, 0.15) is 0 Å². The van der Waals surface area contributed by atoms with E-state index < -0.39 is 5.91 Å². The van der Waals surface area contributed by atoms with E-state index in [1.54, 1.807) is 35.4 Å². The molecule has 4 heterocycles.